The van der Waals surface area contributed by atoms with Crippen LogP contribution in [0.4, 0.5) is 11.4 Å². The number of hydrogen-bond acceptors (Lipinski definition) is 3. The second-order valence-electron chi connectivity index (χ2n) is 7.05. The Bertz CT molecular complexity index is 514. The minimum atomic E-state index is -0.283. The molecule has 0 aromatic heterocycles. The zero-order chi connectivity index (χ0) is 15.9. The lowest BCUT2D eigenvalue weighted by atomic mass is 9.94. The molecule has 0 aliphatic rings. The van der Waals surface area contributed by atoms with Gasteiger partial charge in [0.05, 0.1) is 4.92 Å². The fraction of sp³-hybridized carbons (Fsp3) is 0.600. The number of halogens is 1. The Morgan fingerprint density at radius 3 is 1.90 bits per heavy atom. The number of nitrogens with zero attached hydrogens (tertiary/aromatic N) is 2. The summed E-state index contributed by atoms with van der Waals surface area (Å²) < 4.78 is 0.916. The van der Waals surface area contributed by atoms with Crippen molar-refractivity contribution >= 4 is 34.0 Å². The maximum atomic E-state index is 11.5. The molecule has 0 radical (unpaired) electrons. The predicted molar refractivity (Wildman–Crippen MR) is 92.5 cm³/mol. The van der Waals surface area contributed by atoms with Crippen LogP contribution in [0.3, 0.4) is 0 Å². The Labute approximate surface area is 134 Å². The number of aryl methyl sites for hydroxylation is 1. The average Bonchev–Trinajstić information content (AvgIpc) is 2.16. The fourth-order valence-electron chi connectivity index (χ4n) is 2.75. The van der Waals surface area contributed by atoms with Crippen molar-refractivity contribution in [2.75, 3.05) is 4.90 Å². The summed E-state index contributed by atoms with van der Waals surface area (Å²) in [6.07, 6.45) is 0. The Balaban J connectivity index is 3.69. The molecule has 0 aliphatic carbocycles. The zero-order valence-electron chi connectivity index (χ0n) is 13.2. The molecule has 5 heteroatoms. The molecule has 0 unspecified atom stereocenters. The van der Waals surface area contributed by atoms with Gasteiger partial charge in [0.2, 0.25) is 0 Å². The third-order valence-electron chi connectivity index (χ3n) is 2.95. The lowest BCUT2D eigenvalue weighted by molar-refractivity contribution is -0.384. The first-order chi connectivity index (χ1) is 8.85. The molecular formula is C15H23IN2O2. The van der Waals surface area contributed by atoms with Crippen LogP contribution in [0.15, 0.2) is 12.1 Å². The molecule has 0 bridgehead atoms. The van der Waals surface area contributed by atoms with Gasteiger partial charge in [0.15, 0.2) is 0 Å². The van der Waals surface area contributed by atoms with Gasteiger partial charge in [-0.1, -0.05) is 0 Å². The van der Waals surface area contributed by atoms with E-state index in [1.165, 1.54) is 0 Å². The molecule has 0 atom stereocenters. The van der Waals surface area contributed by atoms with E-state index >= 15 is 0 Å². The van der Waals surface area contributed by atoms with E-state index in [0.29, 0.717) is 5.69 Å². The minimum absolute atomic E-state index is 0.180. The Morgan fingerprint density at radius 2 is 1.55 bits per heavy atom. The first-order valence-corrected chi connectivity index (χ1v) is 7.68. The maximum absolute atomic E-state index is 11.5. The largest absolute Gasteiger partial charge is 0.355 e. The standard InChI is InChI=1S/C15H23IN2O2/c1-10-8-11(16)13(12(9-10)18(19)20)17(14(2,3)4)15(5,6)7/h8-9H,1-7H3. The Hall–Kier alpha value is -0.850. The number of nitro groups is 1. The molecule has 0 N–H and O–H groups in total. The molecule has 112 valence electrons. The van der Waals surface area contributed by atoms with Gasteiger partial charge >= 0.3 is 0 Å². The summed E-state index contributed by atoms with van der Waals surface area (Å²) in [4.78, 5) is 13.3. The van der Waals surface area contributed by atoms with Crippen LogP contribution in [0.1, 0.15) is 47.1 Å². The van der Waals surface area contributed by atoms with E-state index in [1.54, 1.807) is 6.07 Å². The van der Waals surface area contributed by atoms with Gasteiger partial charge in [-0.3, -0.25) is 10.1 Å². The van der Waals surface area contributed by atoms with Crippen LogP contribution in [0.25, 0.3) is 0 Å². The SMILES string of the molecule is Cc1cc(I)c(N(C(C)(C)C)C(C)(C)C)c([N+](=O)[O-])c1. The van der Waals surface area contributed by atoms with Gasteiger partial charge in [0.25, 0.3) is 5.69 Å². The van der Waals surface area contributed by atoms with E-state index < -0.39 is 0 Å². The van der Waals surface area contributed by atoms with Gasteiger partial charge in [-0.15, -0.1) is 0 Å². The molecule has 4 nitrogen and oxygen atoms in total. The molecule has 1 aromatic rings. The normalized spacial score (nSPS) is 12.4. The summed E-state index contributed by atoms with van der Waals surface area (Å²) in [5.74, 6) is 0. The highest BCUT2D eigenvalue weighted by atomic mass is 127. The number of benzene rings is 1. The highest BCUT2D eigenvalue weighted by molar-refractivity contribution is 14.1. The number of hydrogen-bond donors (Lipinski definition) is 0. The summed E-state index contributed by atoms with van der Waals surface area (Å²) in [6.45, 7) is 14.4. The van der Waals surface area contributed by atoms with Crippen molar-refractivity contribution in [1.29, 1.82) is 0 Å². The van der Waals surface area contributed by atoms with Gasteiger partial charge in [-0.2, -0.15) is 0 Å². The van der Waals surface area contributed by atoms with Gasteiger partial charge in [-0.05, 0) is 82.7 Å². The third kappa shape index (κ3) is 3.62. The van der Waals surface area contributed by atoms with Crippen molar-refractivity contribution < 1.29 is 4.92 Å². The van der Waals surface area contributed by atoms with Crippen molar-refractivity contribution in [3.63, 3.8) is 0 Å². The van der Waals surface area contributed by atoms with E-state index in [1.807, 2.05) is 13.0 Å². The van der Waals surface area contributed by atoms with Gasteiger partial charge in [0, 0.05) is 20.7 Å². The Kier molecular flexibility index (Phi) is 4.73. The highest BCUT2D eigenvalue weighted by Gasteiger charge is 2.37. The van der Waals surface area contributed by atoms with Crippen molar-refractivity contribution in [3.8, 4) is 0 Å². The van der Waals surface area contributed by atoms with E-state index in [-0.39, 0.29) is 21.7 Å². The van der Waals surface area contributed by atoms with Crippen LogP contribution in [-0.2, 0) is 0 Å². The van der Waals surface area contributed by atoms with Crippen LogP contribution >= 0.6 is 22.6 Å². The van der Waals surface area contributed by atoms with E-state index in [0.717, 1.165) is 9.13 Å². The molecule has 0 saturated carbocycles. The van der Waals surface area contributed by atoms with Crippen molar-refractivity contribution in [1.82, 2.24) is 0 Å². The summed E-state index contributed by atoms with van der Waals surface area (Å²) in [5.41, 5.74) is 1.38. The fourth-order valence-corrected chi connectivity index (χ4v) is 3.76. The van der Waals surface area contributed by atoms with Crippen molar-refractivity contribution in [2.45, 2.75) is 59.5 Å². The molecular weight excluding hydrogens is 367 g/mol. The molecule has 20 heavy (non-hydrogen) atoms. The lowest BCUT2D eigenvalue weighted by Crippen LogP contribution is -2.53. The highest BCUT2D eigenvalue weighted by Crippen LogP contribution is 2.41. The smallest absolute Gasteiger partial charge is 0.293 e. The number of anilines is 1. The molecule has 1 aromatic carbocycles. The van der Waals surface area contributed by atoms with Crippen LogP contribution in [0.2, 0.25) is 0 Å². The summed E-state index contributed by atoms with van der Waals surface area (Å²) in [6, 6.07) is 3.65. The topological polar surface area (TPSA) is 46.4 Å². The molecule has 0 fully saturated rings. The van der Waals surface area contributed by atoms with Crippen molar-refractivity contribution in [2.24, 2.45) is 0 Å². The van der Waals surface area contributed by atoms with Crippen molar-refractivity contribution in [3.05, 3.63) is 31.4 Å². The lowest BCUT2D eigenvalue weighted by Gasteiger charge is -2.47. The molecule has 0 saturated heterocycles. The number of nitro benzene ring substituents is 1. The van der Waals surface area contributed by atoms with Crippen LogP contribution in [0.5, 0.6) is 0 Å². The molecule has 0 spiro atoms. The monoisotopic (exact) mass is 390 g/mol. The average molecular weight is 390 g/mol. The predicted octanol–water partition coefficient (Wildman–Crippen LogP) is 4.91. The minimum Gasteiger partial charge on any atom is -0.355 e. The summed E-state index contributed by atoms with van der Waals surface area (Å²) >= 11 is 2.19. The van der Waals surface area contributed by atoms with Gasteiger partial charge in [0.1, 0.15) is 5.69 Å². The Morgan fingerprint density at radius 1 is 1.10 bits per heavy atom. The van der Waals surface area contributed by atoms with Gasteiger partial charge < -0.3 is 4.90 Å². The van der Waals surface area contributed by atoms with Crippen LogP contribution in [0, 0.1) is 20.6 Å². The van der Waals surface area contributed by atoms with E-state index in [9.17, 15) is 10.1 Å². The quantitative estimate of drug-likeness (QED) is 0.410. The molecule has 0 amide bonds. The van der Waals surface area contributed by atoms with Gasteiger partial charge in [-0.25, -0.2) is 0 Å². The second kappa shape index (κ2) is 5.50. The number of rotatable bonds is 2. The first kappa shape index (κ1) is 17.2. The van der Waals surface area contributed by atoms with Crippen LogP contribution in [-0.4, -0.2) is 16.0 Å². The zero-order valence-corrected chi connectivity index (χ0v) is 15.4. The summed E-state index contributed by atoms with van der Waals surface area (Å²) in [5, 5.41) is 11.5. The van der Waals surface area contributed by atoms with E-state index in [2.05, 4.69) is 69.0 Å². The summed E-state index contributed by atoms with van der Waals surface area (Å²) in [7, 11) is 0. The van der Waals surface area contributed by atoms with Crippen LogP contribution < -0.4 is 4.90 Å². The second-order valence-corrected chi connectivity index (χ2v) is 8.21. The molecule has 1 rings (SSSR count). The van der Waals surface area contributed by atoms with E-state index in [4.69, 9.17) is 0 Å². The molecule has 0 aliphatic heterocycles. The third-order valence-corrected chi connectivity index (χ3v) is 3.77. The maximum Gasteiger partial charge on any atom is 0.293 e. The molecule has 0 heterocycles. The first-order valence-electron chi connectivity index (χ1n) is 6.60.